The van der Waals surface area contributed by atoms with Gasteiger partial charge in [-0.3, -0.25) is 10.2 Å². The van der Waals surface area contributed by atoms with Gasteiger partial charge in [0.1, 0.15) is 0 Å². The topological polar surface area (TPSA) is 104 Å². The fraction of sp³-hybridized carbons (Fsp3) is 0.267. The molecule has 0 aliphatic heterocycles. The number of hydrogen-bond donors (Lipinski definition) is 3. The number of carbonyl (C=O) groups excluding carboxylic acids is 1. The minimum absolute atomic E-state index is 0.139. The fourth-order valence-electron chi connectivity index (χ4n) is 2.03. The zero-order chi connectivity index (χ0) is 17.5. The molecule has 7 nitrogen and oxygen atoms in total. The predicted octanol–water partition coefficient (Wildman–Crippen LogP) is 0.683. The molecule has 0 atom stereocenters. The highest BCUT2D eigenvalue weighted by molar-refractivity contribution is 7.13. The second kappa shape index (κ2) is 8.58. The van der Waals surface area contributed by atoms with Crippen LogP contribution in [0.4, 0.5) is 5.13 Å². The highest BCUT2D eigenvalue weighted by Gasteiger charge is 2.13. The number of carbonyl (C=O) groups is 1. The molecule has 0 aliphatic rings. The first kappa shape index (κ1) is 18.1. The first-order valence-electron chi connectivity index (χ1n) is 7.35. The molecule has 0 aliphatic carbocycles. The molecule has 0 saturated heterocycles. The lowest BCUT2D eigenvalue weighted by Crippen LogP contribution is -2.32. The van der Waals surface area contributed by atoms with Crippen LogP contribution in [-0.4, -0.2) is 40.9 Å². The third kappa shape index (κ3) is 5.15. The Labute approximate surface area is 144 Å². The van der Waals surface area contributed by atoms with E-state index in [0.717, 1.165) is 11.1 Å². The van der Waals surface area contributed by atoms with E-state index in [9.17, 15) is 14.8 Å². The summed E-state index contributed by atoms with van der Waals surface area (Å²) in [7, 11) is -1.48. The normalized spacial score (nSPS) is 10.8. The number of thiazole rings is 1. The monoisotopic (exact) mass is 347 g/mol. The summed E-state index contributed by atoms with van der Waals surface area (Å²) in [5.41, 5.74) is 5.47. The van der Waals surface area contributed by atoms with Crippen molar-refractivity contribution in [3.8, 4) is 0 Å². The molecule has 0 amide bonds. The van der Waals surface area contributed by atoms with Gasteiger partial charge in [0.25, 0.3) is 0 Å². The molecule has 24 heavy (non-hydrogen) atoms. The van der Waals surface area contributed by atoms with Crippen molar-refractivity contribution in [1.82, 2.24) is 4.98 Å². The number of aryl methyl sites for hydroxylation is 1. The van der Waals surface area contributed by atoms with Crippen LogP contribution in [0.1, 0.15) is 23.7 Å². The number of aromatic nitrogens is 1. The third-order valence-electron chi connectivity index (χ3n) is 3.13. The Morgan fingerprint density at radius 3 is 2.96 bits per heavy atom. The summed E-state index contributed by atoms with van der Waals surface area (Å²) in [4.78, 5) is 15.6. The summed E-state index contributed by atoms with van der Waals surface area (Å²) < 4.78 is 4.87. The van der Waals surface area contributed by atoms with Crippen LogP contribution < -0.4 is 10.9 Å². The summed E-state index contributed by atoms with van der Waals surface area (Å²) >= 11 is 1.34. The quantitative estimate of drug-likeness (QED) is 0.295. The first-order chi connectivity index (χ1) is 11.5. The zero-order valence-corrected chi connectivity index (χ0v) is 14.2. The molecule has 0 bridgehead atoms. The van der Waals surface area contributed by atoms with Crippen LogP contribution in [0.3, 0.4) is 0 Å². The van der Waals surface area contributed by atoms with Crippen LogP contribution in [0.15, 0.2) is 28.7 Å². The number of nitrogens with one attached hydrogen (secondary N) is 1. The van der Waals surface area contributed by atoms with Gasteiger partial charge in [0, 0.05) is 5.38 Å². The molecule has 1 aromatic carbocycles. The zero-order valence-electron chi connectivity index (χ0n) is 13.4. The van der Waals surface area contributed by atoms with E-state index in [1.165, 1.54) is 11.3 Å². The molecular weight excluding hydrogens is 329 g/mol. The van der Waals surface area contributed by atoms with Gasteiger partial charge in [-0.2, -0.15) is 5.10 Å². The molecule has 2 aromatic rings. The third-order valence-corrected chi connectivity index (χ3v) is 3.92. The van der Waals surface area contributed by atoms with Gasteiger partial charge in [-0.15, -0.1) is 11.3 Å². The molecular formula is C15H18BN3O4S. The molecule has 126 valence electrons. The summed E-state index contributed by atoms with van der Waals surface area (Å²) in [6, 6.07) is 5.18. The molecule has 0 radical (unpaired) electrons. The summed E-state index contributed by atoms with van der Waals surface area (Å²) in [6.07, 6.45) is 1.74. The van der Waals surface area contributed by atoms with Crippen molar-refractivity contribution in [1.29, 1.82) is 0 Å². The molecule has 0 spiro atoms. The second-order valence-corrected chi connectivity index (χ2v) is 5.84. The van der Waals surface area contributed by atoms with E-state index in [4.69, 9.17) is 4.74 Å². The van der Waals surface area contributed by atoms with Gasteiger partial charge in [-0.05, 0) is 24.9 Å². The van der Waals surface area contributed by atoms with Gasteiger partial charge >= 0.3 is 13.1 Å². The van der Waals surface area contributed by atoms with Crippen LogP contribution in [0.2, 0.25) is 0 Å². The highest BCUT2D eigenvalue weighted by Crippen LogP contribution is 2.16. The van der Waals surface area contributed by atoms with Crippen molar-refractivity contribution >= 4 is 41.2 Å². The van der Waals surface area contributed by atoms with Crippen molar-refractivity contribution in [2.75, 3.05) is 12.0 Å². The number of benzene rings is 1. The van der Waals surface area contributed by atoms with E-state index in [-0.39, 0.29) is 12.4 Å². The van der Waals surface area contributed by atoms with E-state index in [1.807, 2.05) is 0 Å². The van der Waals surface area contributed by atoms with Crippen molar-refractivity contribution in [3.05, 3.63) is 40.4 Å². The minimum atomic E-state index is -1.48. The number of hydrazone groups is 1. The van der Waals surface area contributed by atoms with Gasteiger partial charge in [-0.25, -0.2) is 4.98 Å². The van der Waals surface area contributed by atoms with E-state index in [0.29, 0.717) is 22.9 Å². The maximum absolute atomic E-state index is 11.4. The Morgan fingerprint density at radius 1 is 1.50 bits per heavy atom. The molecule has 3 N–H and O–H groups in total. The van der Waals surface area contributed by atoms with Crippen molar-refractivity contribution in [2.24, 2.45) is 5.10 Å². The number of hydrogen-bond acceptors (Lipinski definition) is 8. The van der Waals surface area contributed by atoms with Crippen molar-refractivity contribution in [3.63, 3.8) is 0 Å². The van der Waals surface area contributed by atoms with Crippen LogP contribution in [0.25, 0.3) is 0 Å². The summed E-state index contributed by atoms with van der Waals surface area (Å²) in [5.74, 6) is -0.306. The molecule has 1 aromatic heterocycles. The highest BCUT2D eigenvalue weighted by atomic mass is 32.1. The standard InChI is InChI=1S/C15H18BN3O4S/c1-3-23-14(20)7-12-9-24-15(18-12)19-17-8-11-4-5-13(16(21)22)10(2)6-11/h4-6,8-9,21-22H,3,7H2,1-2H3,(H,18,19). The molecule has 9 heteroatoms. The SMILES string of the molecule is CCOC(=O)Cc1csc(NN=Cc2ccc(B(O)O)c(C)c2)n1. The fourth-order valence-corrected chi connectivity index (χ4v) is 2.69. The number of nitrogens with zero attached hydrogens (tertiary/aromatic N) is 2. The Balaban J connectivity index is 1.93. The second-order valence-electron chi connectivity index (χ2n) is 4.99. The Bertz CT molecular complexity index is 733. The average Bonchev–Trinajstić information content (AvgIpc) is 2.94. The molecule has 0 unspecified atom stereocenters. The van der Waals surface area contributed by atoms with E-state index >= 15 is 0 Å². The molecule has 0 saturated carbocycles. The smallest absolute Gasteiger partial charge is 0.466 e. The van der Waals surface area contributed by atoms with Gasteiger partial charge in [0.2, 0.25) is 5.13 Å². The maximum Gasteiger partial charge on any atom is 0.488 e. The van der Waals surface area contributed by atoms with Gasteiger partial charge < -0.3 is 14.8 Å². The largest absolute Gasteiger partial charge is 0.488 e. The van der Waals surface area contributed by atoms with E-state index < -0.39 is 7.12 Å². The van der Waals surface area contributed by atoms with Crippen LogP contribution in [0, 0.1) is 6.92 Å². The Hall–Kier alpha value is -2.23. The van der Waals surface area contributed by atoms with Crippen molar-refractivity contribution in [2.45, 2.75) is 20.3 Å². The number of anilines is 1. The summed E-state index contributed by atoms with van der Waals surface area (Å²) in [6.45, 7) is 3.90. The van der Waals surface area contributed by atoms with Crippen molar-refractivity contribution < 1.29 is 19.6 Å². The number of esters is 1. The lowest BCUT2D eigenvalue weighted by molar-refractivity contribution is -0.142. The first-order valence-corrected chi connectivity index (χ1v) is 8.23. The predicted molar refractivity (Wildman–Crippen MR) is 94.7 cm³/mol. The van der Waals surface area contributed by atoms with Gasteiger partial charge in [0.05, 0.1) is 24.9 Å². The van der Waals surface area contributed by atoms with Crippen LogP contribution >= 0.6 is 11.3 Å². The van der Waals surface area contributed by atoms with Crippen LogP contribution in [-0.2, 0) is 16.0 Å². The minimum Gasteiger partial charge on any atom is -0.466 e. The number of rotatable bonds is 7. The number of ether oxygens (including phenoxy) is 1. The van der Waals surface area contributed by atoms with Crippen LogP contribution in [0.5, 0.6) is 0 Å². The Morgan fingerprint density at radius 2 is 2.29 bits per heavy atom. The molecule has 2 rings (SSSR count). The maximum atomic E-state index is 11.4. The molecule has 1 heterocycles. The van der Waals surface area contributed by atoms with Gasteiger partial charge in [-0.1, -0.05) is 23.8 Å². The lowest BCUT2D eigenvalue weighted by Gasteiger charge is -2.04. The van der Waals surface area contributed by atoms with E-state index in [1.54, 1.807) is 43.6 Å². The summed E-state index contributed by atoms with van der Waals surface area (Å²) in [5, 5.41) is 24.8. The van der Waals surface area contributed by atoms with E-state index in [2.05, 4.69) is 15.5 Å². The molecule has 0 fully saturated rings. The Kier molecular flexibility index (Phi) is 6.48. The lowest BCUT2D eigenvalue weighted by atomic mass is 9.77. The van der Waals surface area contributed by atoms with Gasteiger partial charge in [0.15, 0.2) is 0 Å². The average molecular weight is 347 g/mol.